The number of amides is 1. The molecule has 9 heteroatoms. The zero-order valence-electron chi connectivity index (χ0n) is 17.9. The third-order valence-electron chi connectivity index (χ3n) is 4.82. The van der Waals surface area contributed by atoms with Gasteiger partial charge in [0.2, 0.25) is 0 Å². The molecule has 0 saturated heterocycles. The van der Waals surface area contributed by atoms with Crippen molar-refractivity contribution in [1.29, 1.82) is 0 Å². The summed E-state index contributed by atoms with van der Waals surface area (Å²) >= 11 is 0. The lowest BCUT2D eigenvalue weighted by atomic mass is 10.1. The first-order chi connectivity index (χ1) is 15.1. The van der Waals surface area contributed by atoms with Crippen LogP contribution in [0.1, 0.15) is 53.5 Å². The van der Waals surface area contributed by atoms with Gasteiger partial charge in [0.1, 0.15) is 11.5 Å². The van der Waals surface area contributed by atoms with Crippen LogP contribution in [0.15, 0.2) is 65.7 Å². The highest BCUT2D eigenvalue weighted by Crippen LogP contribution is 2.30. The molecule has 168 valence electrons. The molecule has 3 rings (SSSR count). The van der Waals surface area contributed by atoms with Crippen molar-refractivity contribution < 1.29 is 18.0 Å². The predicted octanol–water partition coefficient (Wildman–Crippen LogP) is 5.08. The maximum Gasteiger partial charge on any atom is 0.433 e. The van der Waals surface area contributed by atoms with Gasteiger partial charge in [-0.25, -0.2) is 4.99 Å². The summed E-state index contributed by atoms with van der Waals surface area (Å²) in [6.07, 6.45) is 2.56. The smallest absolute Gasteiger partial charge is 0.383 e. The average molecular weight is 443 g/mol. The summed E-state index contributed by atoms with van der Waals surface area (Å²) in [6, 6.07) is 8.35. The summed E-state index contributed by atoms with van der Waals surface area (Å²) in [7, 11) is 0. The summed E-state index contributed by atoms with van der Waals surface area (Å²) in [4.78, 5) is 20.1. The van der Waals surface area contributed by atoms with Crippen LogP contribution in [-0.4, -0.2) is 16.7 Å². The zero-order valence-corrected chi connectivity index (χ0v) is 17.9. The van der Waals surface area contributed by atoms with Gasteiger partial charge in [-0.1, -0.05) is 12.1 Å². The summed E-state index contributed by atoms with van der Waals surface area (Å²) in [5.41, 5.74) is 1.60. The quantitative estimate of drug-likeness (QED) is 0.582. The molecule has 2 aromatic rings. The van der Waals surface area contributed by atoms with Gasteiger partial charge < -0.3 is 16.0 Å². The number of aryl methyl sites for hydroxylation is 1. The fourth-order valence-electron chi connectivity index (χ4n) is 3.14. The summed E-state index contributed by atoms with van der Waals surface area (Å²) in [5, 5.41) is 9.05. The maximum absolute atomic E-state index is 12.9. The van der Waals surface area contributed by atoms with E-state index in [0.29, 0.717) is 5.69 Å². The molecular formula is C23H24F3N5O. The first-order valence-corrected chi connectivity index (χ1v) is 9.98. The van der Waals surface area contributed by atoms with Crippen LogP contribution in [0.2, 0.25) is 0 Å². The maximum atomic E-state index is 12.9. The van der Waals surface area contributed by atoms with E-state index in [1.54, 1.807) is 30.6 Å². The van der Waals surface area contributed by atoms with Crippen molar-refractivity contribution in [2.24, 2.45) is 4.99 Å². The molecule has 1 amide bonds. The van der Waals surface area contributed by atoms with E-state index in [9.17, 15) is 18.0 Å². The van der Waals surface area contributed by atoms with E-state index in [-0.39, 0.29) is 17.2 Å². The number of alkyl halides is 3. The summed E-state index contributed by atoms with van der Waals surface area (Å²) in [5.74, 6) is 0.350. The standard InChI is InChI=1S/C23H24F3N5O/c1-14-9-20(29-12-14)28-8-7-27-16(3)17-5-4-6-19(11-17)31-22(32)18-10-15(2)21(30-13-18)23(24,25)26/h4-8,10-13,16,27H,9H2,1-3H3,(H,28,29)(H,31,32). The second kappa shape index (κ2) is 9.67. The molecule has 0 radical (unpaired) electrons. The fourth-order valence-corrected chi connectivity index (χ4v) is 3.14. The largest absolute Gasteiger partial charge is 0.433 e. The lowest BCUT2D eigenvalue weighted by Crippen LogP contribution is -2.18. The number of aromatic nitrogens is 1. The minimum atomic E-state index is -4.55. The van der Waals surface area contributed by atoms with E-state index in [0.717, 1.165) is 24.0 Å². The number of benzene rings is 1. The van der Waals surface area contributed by atoms with E-state index in [4.69, 9.17) is 0 Å². The molecule has 0 spiro atoms. The van der Waals surface area contributed by atoms with Crippen molar-refractivity contribution >= 4 is 17.4 Å². The number of pyridine rings is 1. The Morgan fingerprint density at radius 2 is 1.97 bits per heavy atom. The topological polar surface area (TPSA) is 78.4 Å². The number of aliphatic imine (C=N–C) groups is 1. The molecule has 1 aromatic carbocycles. The molecular weight excluding hydrogens is 419 g/mol. The number of amidine groups is 1. The number of carbonyl (C=O) groups excluding carboxylic acids is 1. The van der Waals surface area contributed by atoms with Crippen molar-refractivity contribution in [1.82, 2.24) is 15.6 Å². The van der Waals surface area contributed by atoms with E-state index in [1.807, 2.05) is 26.1 Å². The molecule has 6 nitrogen and oxygen atoms in total. The number of rotatable bonds is 6. The van der Waals surface area contributed by atoms with Crippen LogP contribution in [0.4, 0.5) is 18.9 Å². The van der Waals surface area contributed by atoms with E-state index >= 15 is 0 Å². The Bertz CT molecular complexity index is 1090. The average Bonchev–Trinajstić information content (AvgIpc) is 3.15. The SMILES string of the molecule is CC1=CN=C(NC=CNC(C)c2cccc(NC(=O)c3cnc(C(F)(F)F)c(C)c3)c2)C1. The molecule has 0 saturated carbocycles. The van der Waals surface area contributed by atoms with Gasteiger partial charge in [0.25, 0.3) is 5.91 Å². The van der Waals surface area contributed by atoms with Crippen LogP contribution in [0.25, 0.3) is 0 Å². The third-order valence-corrected chi connectivity index (χ3v) is 4.82. The Hall–Kier alpha value is -3.62. The number of halogens is 3. The van der Waals surface area contributed by atoms with Gasteiger partial charge in [0.15, 0.2) is 0 Å². The molecule has 1 aromatic heterocycles. The molecule has 0 fully saturated rings. The Labute approximate surface area is 184 Å². The number of nitrogens with zero attached hydrogens (tertiary/aromatic N) is 2. The molecule has 0 aliphatic carbocycles. The minimum Gasteiger partial charge on any atom is -0.383 e. The van der Waals surface area contributed by atoms with Crippen molar-refractivity contribution in [3.05, 3.63) is 83.1 Å². The molecule has 1 aliphatic rings. The van der Waals surface area contributed by atoms with E-state index in [2.05, 4.69) is 25.9 Å². The van der Waals surface area contributed by atoms with Gasteiger partial charge in [0.05, 0.1) is 5.56 Å². The van der Waals surface area contributed by atoms with Gasteiger partial charge in [-0.3, -0.25) is 9.78 Å². The number of hydrogen-bond donors (Lipinski definition) is 3. The highest BCUT2D eigenvalue weighted by Gasteiger charge is 2.34. The van der Waals surface area contributed by atoms with E-state index < -0.39 is 17.8 Å². The Kier molecular flexibility index (Phi) is 6.97. The van der Waals surface area contributed by atoms with Crippen LogP contribution >= 0.6 is 0 Å². The predicted molar refractivity (Wildman–Crippen MR) is 118 cm³/mol. The zero-order chi connectivity index (χ0) is 23.3. The molecule has 1 atom stereocenters. The molecule has 3 N–H and O–H groups in total. The normalized spacial score (nSPS) is 14.7. The van der Waals surface area contributed by atoms with Crippen molar-refractivity contribution in [3.8, 4) is 0 Å². The number of carbonyl (C=O) groups is 1. The van der Waals surface area contributed by atoms with Crippen LogP contribution in [0.3, 0.4) is 0 Å². The third kappa shape index (κ3) is 5.96. The number of nitrogens with one attached hydrogen (secondary N) is 3. The monoisotopic (exact) mass is 443 g/mol. The molecule has 2 heterocycles. The lowest BCUT2D eigenvalue weighted by molar-refractivity contribution is -0.141. The van der Waals surface area contributed by atoms with Crippen LogP contribution < -0.4 is 16.0 Å². The first kappa shape index (κ1) is 23.1. The first-order valence-electron chi connectivity index (χ1n) is 9.98. The Morgan fingerprint density at radius 1 is 1.19 bits per heavy atom. The molecule has 32 heavy (non-hydrogen) atoms. The second-order valence-electron chi connectivity index (χ2n) is 7.56. The number of anilines is 1. The molecule has 1 unspecified atom stereocenters. The summed E-state index contributed by atoms with van der Waals surface area (Å²) in [6.45, 7) is 5.26. The number of hydrogen-bond acceptors (Lipinski definition) is 5. The van der Waals surface area contributed by atoms with Gasteiger partial charge in [0, 0.05) is 42.9 Å². The lowest BCUT2D eigenvalue weighted by Gasteiger charge is -2.14. The van der Waals surface area contributed by atoms with Gasteiger partial charge in [-0.15, -0.1) is 0 Å². The highest BCUT2D eigenvalue weighted by atomic mass is 19.4. The van der Waals surface area contributed by atoms with Crippen LogP contribution in [0.5, 0.6) is 0 Å². The summed E-state index contributed by atoms with van der Waals surface area (Å²) < 4.78 is 38.6. The molecule has 0 bridgehead atoms. The van der Waals surface area contributed by atoms with Crippen LogP contribution in [0, 0.1) is 6.92 Å². The van der Waals surface area contributed by atoms with Crippen molar-refractivity contribution in [2.45, 2.75) is 39.4 Å². The van der Waals surface area contributed by atoms with E-state index in [1.165, 1.54) is 18.6 Å². The van der Waals surface area contributed by atoms with Crippen LogP contribution in [-0.2, 0) is 6.18 Å². The van der Waals surface area contributed by atoms with Crippen molar-refractivity contribution in [3.63, 3.8) is 0 Å². The van der Waals surface area contributed by atoms with Gasteiger partial charge >= 0.3 is 6.18 Å². The minimum absolute atomic E-state index is 0.0507. The van der Waals surface area contributed by atoms with Gasteiger partial charge in [-0.05, 0) is 55.7 Å². The van der Waals surface area contributed by atoms with Gasteiger partial charge in [-0.2, -0.15) is 13.2 Å². The second-order valence-corrected chi connectivity index (χ2v) is 7.56. The van der Waals surface area contributed by atoms with Crippen molar-refractivity contribution in [2.75, 3.05) is 5.32 Å². The fraction of sp³-hybridized carbons (Fsp3) is 0.261. The molecule has 1 aliphatic heterocycles. The highest BCUT2D eigenvalue weighted by molar-refractivity contribution is 6.04. The Balaban J connectivity index is 1.59. The Morgan fingerprint density at radius 3 is 2.62 bits per heavy atom.